The SMILES string of the molecule is CC(C)[C@H](N)C(=O)N1CCCC1CN(C(=O)OC(C)(C)C)C1CC1. The summed E-state index contributed by atoms with van der Waals surface area (Å²) in [6, 6.07) is -0.159. The highest BCUT2D eigenvalue weighted by molar-refractivity contribution is 5.82. The summed E-state index contributed by atoms with van der Waals surface area (Å²) in [5.41, 5.74) is 5.55. The molecule has 2 aliphatic rings. The van der Waals surface area contributed by atoms with Crippen LogP contribution in [0.1, 0.15) is 60.3 Å². The topological polar surface area (TPSA) is 75.9 Å². The lowest BCUT2D eigenvalue weighted by molar-refractivity contribution is -0.134. The third-order valence-electron chi connectivity index (χ3n) is 4.69. The highest BCUT2D eigenvalue weighted by atomic mass is 16.6. The predicted octanol–water partition coefficient (Wildman–Crippen LogP) is 2.36. The molecule has 1 saturated carbocycles. The predicted molar refractivity (Wildman–Crippen MR) is 93.5 cm³/mol. The zero-order chi connectivity index (χ0) is 18.1. The van der Waals surface area contributed by atoms with E-state index in [1.807, 2.05) is 44.4 Å². The Morgan fingerprint density at radius 3 is 2.38 bits per heavy atom. The van der Waals surface area contributed by atoms with Gasteiger partial charge in [-0.2, -0.15) is 0 Å². The second-order valence-electron chi connectivity index (χ2n) is 8.46. The summed E-state index contributed by atoms with van der Waals surface area (Å²) in [5, 5.41) is 0. The van der Waals surface area contributed by atoms with E-state index >= 15 is 0 Å². The minimum Gasteiger partial charge on any atom is -0.444 e. The molecule has 1 unspecified atom stereocenters. The maximum Gasteiger partial charge on any atom is 0.410 e. The lowest BCUT2D eigenvalue weighted by atomic mass is 10.0. The largest absolute Gasteiger partial charge is 0.444 e. The summed E-state index contributed by atoms with van der Waals surface area (Å²) >= 11 is 0. The molecule has 1 saturated heterocycles. The highest BCUT2D eigenvalue weighted by Crippen LogP contribution is 2.31. The molecule has 6 nitrogen and oxygen atoms in total. The Morgan fingerprint density at radius 1 is 1.25 bits per heavy atom. The van der Waals surface area contributed by atoms with Crippen LogP contribution in [-0.4, -0.2) is 58.6 Å². The molecule has 0 spiro atoms. The van der Waals surface area contributed by atoms with Gasteiger partial charge >= 0.3 is 6.09 Å². The quantitative estimate of drug-likeness (QED) is 0.834. The lowest BCUT2D eigenvalue weighted by Crippen LogP contribution is -2.52. The first-order valence-corrected chi connectivity index (χ1v) is 9.16. The third-order valence-corrected chi connectivity index (χ3v) is 4.69. The van der Waals surface area contributed by atoms with E-state index in [1.54, 1.807) is 0 Å². The summed E-state index contributed by atoms with van der Waals surface area (Å²) in [6.45, 7) is 10.8. The van der Waals surface area contributed by atoms with Gasteiger partial charge in [0, 0.05) is 25.2 Å². The lowest BCUT2D eigenvalue weighted by Gasteiger charge is -2.34. The van der Waals surface area contributed by atoms with E-state index < -0.39 is 11.6 Å². The molecule has 2 N–H and O–H groups in total. The molecule has 2 atom stereocenters. The van der Waals surface area contributed by atoms with Crippen LogP contribution in [0.25, 0.3) is 0 Å². The first kappa shape index (κ1) is 19.0. The van der Waals surface area contributed by atoms with Crippen LogP contribution in [0.3, 0.4) is 0 Å². The van der Waals surface area contributed by atoms with Gasteiger partial charge in [-0.05, 0) is 52.4 Å². The normalized spacial score (nSPS) is 22.6. The Balaban J connectivity index is 2.03. The van der Waals surface area contributed by atoms with Gasteiger partial charge in [-0.25, -0.2) is 4.79 Å². The summed E-state index contributed by atoms with van der Waals surface area (Å²) in [6.07, 6.45) is 3.66. The van der Waals surface area contributed by atoms with Crippen LogP contribution < -0.4 is 5.73 Å². The van der Waals surface area contributed by atoms with Crippen molar-refractivity contribution in [1.29, 1.82) is 0 Å². The molecule has 0 aromatic rings. The number of hydrogen-bond donors (Lipinski definition) is 1. The minimum absolute atomic E-state index is 0.00688. The number of amides is 2. The molecule has 138 valence electrons. The summed E-state index contributed by atoms with van der Waals surface area (Å²) in [5.74, 6) is 0.122. The van der Waals surface area contributed by atoms with Gasteiger partial charge < -0.3 is 20.3 Å². The first-order valence-electron chi connectivity index (χ1n) is 9.16. The number of carbonyl (C=O) groups is 2. The number of carbonyl (C=O) groups excluding carboxylic acids is 2. The molecule has 1 aliphatic heterocycles. The van der Waals surface area contributed by atoms with Crippen molar-refractivity contribution in [3.05, 3.63) is 0 Å². The molecule has 6 heteroatoms. The molecule has 1 heterocycles. The Kier molecular flexibility index (Phi) is 5.78. The molecule has 0 radical (unpaired) electrons. The first-order chi connectivity index (χ1) is 11.1. The Hall–Kier alpha value is -1.30. The van der Waals surface area contributed by atoms with Gasteiger partial charge in [0.2, 0.25) is 5.91 Å². The molecule has 0 aromatic carbocycles. The monoisotopic (exact) mass is 339 g/mol. The molecule has 2 fully saturated rings. The van der Waals surface area contributed by atoms with Crippen molar-refractivity contribution in [3.8, 4) is 0 Å². The second kappa shape index (κ2) is 7.30. The van der Waals surface area contributed by atoms with Crippen molar-refractivity contribution < 1.29 is 14.3 Å². The van der Waals surface area contributed by atoms with Crippen molar-refractivity contribution in [3.63, 3.8) is 0 Å². The number of nitrogens with two attached hydrogens (primary N) is 1. The van der Waals surface area contributed by atoms with E-state index in [0.29, 0.717) is 6.54 Å². The Labute approximate surface area is 145 Å². The zero-order valence-electron chi connectivity index (χ0n) is 15.7. The van der Waals surface area contributed by atoms with Crippen LogP contribution in [0.4, 0.5) is 4.79 Å². The maximum atomic E-state index is 12.6. The van der Waals surface area contributed by atoms with Crippen molar-refractivity contribution in [1.82, 2.24) is 9.80 Å². The fourth-order valence-electron chi connectivity index (χ4n) is 3.10. The van der Waals surface area contributed by atoms with Crippen LogP contribution in [0.2, 0.25) is 0 Å². The van der Waals surface area contributed by atoms with Crippen molar-refractivity contribution in [2.24, 2.45) is 11.7 Å². The summed E-state index contributed by atoms with van der Waals surface area (Å²) < 4.78 is 5.55. The van der Waals surface area contributed by atoms with E-state index in [4.69, 9.17) is 10.5 Å². The molecular formula is C18H33N3O3. The number of ether oxygens (including phenoxy) is 1. The average Bonchev–Trinajstić information content (AvgIpc) is 3.19. The van der Waals surface area contributed by atoms with Crippen molar-refractivity contribution in [2.45, 2.75) is 84.0 Å². The number of rotatable bonds is 5. The Bertz CT molecular complexity index is 469. The van der Waals surface area contributed by atoms with Crippen LogP contribution in [0.5, 0.6) is 0 Å². The van der Waals surface area contributed by atoms with E-state index in [2.05, 4.69) is 0 Å². The standard InChI is InChI=1S/C18H33N3O3/c1-12(2)15(19)16(22)20-10-6-7-14(20)11-21(13-8-9-13)17(23)24-18(3,4)5/h12-15H,6-11,19H2,1-5H3/t14?,15-/m0/s1. The van der Waals surface area contributed by atoms with Gasteiger partial charge in [0.1, 0.15) is 5.60 Å². The van der Waals surface area contributed by atoms with Gasteiger partial charge in [-0.1, -0.05) is 13.8 Å². The van der Waals surface area contributed by atoms with E-state index in [-0.39, 0.29) is 30.0 Å². The molecule has 0 aromatic heterocycles. The summed E-state index contributed by atoms with van der Waals surface area (Å²) in [7, 11) is 0. The fourth-order valence-corrected chi connectivity index (χ4v) is 3.10. The average molecular weight is 339 g/mol. The van der Waals surface area contributed by atoms with Crippen LogP contribution in [-0.2, 0) is 9.53 Å². The Morgan fingerprint density at radius 2 is 1.88 bits per heavy atom. The van der Waals surface area contributed by atoms with Gasteiger partial charge in [0.05, 0.1) is 6.04 Å². The van der Waals surface area contributed by atoms with Crippen LogP contribution in [0.15, 0.2) is 0 Å². The molecular weight excluding hydrogens is 306 g/mol. The zero-order valence-corrected chi connectivity index (χ0v) is 15.7. The molecule has 2 rings (SSSR count). The summed E-state index contributed by atoms with van der Waals surface area (Å²) in [4.78, 5) is 28.9. The second-order valence-corrected chi connectivity index (χ2v) is 8.46. The van der Waals surface area contributed by atoms with Gasteiger partial charge in [0.15, 0.2) is 0 Å². The number of nitrogens with zero attached hydrogens (tertiary/aromatic N) is 2. The smallest absolute Gasteiger partial charge is 0.410 e. The van der Waals surface area contributed by atoms with E-state index in [1.165, 1.54) is 0 Å². The fraction of sp³-hybridized carbons (Fsp3) is 0.889. The van der Waals surface area contributed by atoms with Crippen LogP contribution >= 0.6 is 0 Å². The van der Waals surface area contributed by atoms with Crippen LogP contribution in [0, 0.1) is 5.92 Å². The van der Waals surface area contributed by atoms with E-state index in [0.717, 1.165) is 32.2 Å². The van der Waals surface area contributed by atoms with Gasteiger partial charge in [0.25, 0.3) is 0 Å². The van der Waals surface area contributed by atoms with Crippen molar-refractivity contribution in [2.75, 3.05) is 13.1 Å². The third kappa shape index (κ3) is 4.85. The number of hydrogen-bond acceptors (Lipinski definition) is 4. The molecule has 0 bridgehead atoms. The molecule has 24 heavy (non-hydrogen) atoms. The molecule has 2 amide bonds. The minimum atomic E-state index is -0.505. The maximum absolute atomic E-state index is 12.6. The van der Waals surface area contributed by atoms with Crippen molar-refractivity contribution >= 4 is 12.0 Å². The number of likely N-dealkylation sites (tertiary alicyclic amines) is 1. The van der Waals surface area contributed by atoms with Gasteiger partial charge in [-0.3, -0.25) is 4.79 Å². The highest BCUT2D eigenvalue weighted by Gasteiger charge is 2.40. The van der Waals surface area contributed by atoms with Gasteiger partial charge in [-0.15, -0.1) is 0 Å². The molecule has 1 aliphatic carbocycles. The van der Waals surface area contributed by atoms with E-state index in [9.17, 15) is 9.59 Å².